The van der Waals surface area contributed by atoms with Gasteiger partial charge < -0.3 is 9.84 Å². The number of aliphatic hydroxyl groups excluding tert-OH is 1. The van der Waals surface area contributed by atoms with Gasteiger partial charge >= 0.3 is 0 Å². The third-order valence-electron chi connectivity index (χ3n) is 6.29. The third kappa shape index (κ3) is 4.29. The van der Waals surface area contributed by atoms with E-state index in [-0.39, 0.29) is 0 Å². The molecular weight excluding hydrogens is 400 g/mol. The van der Waals surface area contributed by atoms with E-state index in [0.29, 0.717) is 45.7 Å². The molecule has 32 heavy (non-hydrogen) atoms. The van der Waals surface area contributed by atoms with Gasteiger partial charge in [0, 0.05) is 17.5 Å². The Labute approximate surface area is 188 Å². The molecule has 162 valence electrons. The molecule has 0 spiro atoms. The zero-order valence-corrected chi connectivity index (χ0v) is 18.4. The summed E-state index contributed by atoms with van der Waals surface area (Å²) >= 11 is 0. The van der Waals surface area contributed by atoms with Crippen molar-refractivity contribution >= 4 is 16.6 Å². The van der Waals surface area contributed by atoms with E-state index in [1.807, 2.05) is 18.2 Å². The largest absolute Gasteiger partial charge is 0.481 e. The Bertz CT molecular complexity index is 1200. The van der Waals surface area contributed by atoms with Crippen molar-refractivity contribution in [2.24, 2.45) is 5.92 Å². The molecule has 0 radical (unpaired) electrons. The van der Waals surface area contributed by atoms with Gasteiger partial charge in [0.2, 0.25) is 5.88 Å². The molecule has 1 aliphatic heterocycles. The van der Waals surface area contributed by atoms with Gasteiger partial charge in [-0.25, -0.2) is 9.83 Å². The number of nitriles is 1. The van der Waals surface area contributed by atoms with Crippen LogP contribution >= 0.6 is 0 Å². The summed E-state index contributed by atoms with van der Waals surface area (Å²) < 4.78 is 5.56. The standard InChI is InChI=1S/C26H26N4O2/c1-17-10-12-30(13-11-17)16-23-22(15-27)21-14-19(6-9-24(21)29-26(23)32-3)25(31)18-4-7-20(28-2)8-5-18/h4-9,14,17,25,31H,10-13,16H2,1,3H3. The van der Waals surface area contributed by atoms with Crippen molar-refractivity contribution in [3.8, 4) is 11.9 Å². The number of aromatic nitrogens is 1. The number of methoxy groups -OCH3 is 1. The molecular formula is C26H26N4O2. The highest BCUT2D eigenvalue weighted by Crippen LogP contribution is 2.33. The van der Waals surface area contributed by atoms with Crippen molar-refractivity contribution in [3.63, 3.8) is 0 Å². The SMILES string of the molecule is [C-]#[N+]c1ccc(C(O)c2ccc3nc(OC)c(CN4CCC(C)CC4)c(C#N)c3c2)cc1. The lowest BCUT2D eigenvalue weighted by atomic mass is 9.95. The van der Waals surface area contributed by atoms with E-state index in [1.165, 1.54) is 0 Å². The van der Waals surface area contributed by atoms with E-state index >= 15 is 0 Å². The summed E-state index contributed by atoms with van der Waals surface area (Å²) in [5.74, 6) is 1.21. The molecule has 6 nitrogen and oxygen atoms in total. The minimum atomic E-state index is -0.861. The zero-order valence-electron chi connectivity index (χ0n) is 18.4. The molecule has 1 fully saturated rings. The van der Waals surface area contributed by atoms with Crippen LogP contribution in [0.1, 0.15) is 48.1 Å². The first kappa shape index (κ1) is 21.8. The maximum absolute atomic E-state index is 10.9. The maximum atomic E-state index is 10.9. The number of ether oxygens (including phenoxy) is 1. The number of piperidine rings is 1. The van der Waals surface area contributed by atoms with Crippen molar-refractivity contribution in [3.05, 3.63) is 76.1 Å². The molecule has 2 aromatic carbocycles. The van der Waals surface area contributed by atoms with Crippen LogP contribution in [0.15, 0.2) is 42.5 Å². The van der Waals surface area contributed by atoms with Crippen LogP contribution in [0.3, 0.4) is 0 Å². The smallest absolute Gasteiger partial charge is 0.219 e. The second kappa shape index (κ2) is 9.36. The molecule has 0 bridgehead atoms. The van der Waals surface area contributed by atoms with Crippen molar-refractivity contribution in [2.75, 3.05) is 20.2 Å². The second-order valence-electron chi connectivity index (χ2n) is 8.43. The van der Waals surface area contributed by atoms with Crippen LogP contribution in [0, 0.1) is 23.8 Å². The number of pyridine rings is 1. The van der Waals surface area contributed by atoms with Crippen LogP contribution in [0.4, 0.5) is 5.69 Å². The molecule has 0 amide bonds. The monoisotopic (exact) mass is 426 g/mol. The van der Waals surface area contributed by atoms with E-state index in [9.17, 15) is 10.4 Å². The summed E-state index contributed by atoms with van der Waals surface area (Å²) in [6.07, 6.45) is 1.43. The first-order valence-electron chi connectivity index (χ1n) is 10.8. The van der Waals surface area contributed by atoms with Crippen molar-refractivity contribution in [1.29, 1.82) is 5.26 Å². The van der Waals surface area contributed by atoms with Gasteiger partial charge in [-0.15, -0.1) is 0 Å². The highest BCUT2D eigenvalue weighted by molar-refractivity contribution is 5.87. The molecule has 1 N–H and O–H groups in total. The Morgan fingerprint density at radius 1 is 1.22 bits per heavy atom. The van der Waals surface area contributed by atoms with Crippen molar-refractivity contribution in [2.45, 2.75) is 32.4 Å². The summed E-state index contributed by atoms with van der Waals surface area (Å²) in [6, 6.07) is 14.7. The average molecular weight is 427 g/mol. The highest BCUT2D eigenvalue weighted by atomic mass is 16.5. The van der Waals surface area contributed by atoms with Crippen LogP contribution < -0.4 is 4.74 Å². The van der Waals surface area contributed by atoms with Gasteiger partial charge in [-0.2, -0.15) is 5.26 Å². The lowest BCUT2D eigenvalue weighted by Crippen LogP contribution is -2.32. The van der Waals surface area contributed by atoms with Gasteiger partial charge in [-0.05, 0) is 55.1 Å². The Morgan fingerprint density at radius 3 is 2.53 bits per heavy atom. The Morgan fingerprint density at radius 2 is 1.91 bits per heavy atom. The first-order chi connectivity index (χ1) is 15.5. The second-order valence-corrected chi connectivity index (χ2v) is 8.43. The third-order valence-corrected chi connectivity index (χ3v) is 6.29. The molecule has 1 aromatic heterocycles. The van der Waals surface area contributed by atoms with Crippen LogP contribution in [-0.4, -0.2) is 35.2 Å². The van der Waals surface area contributed by atoms with Gasteiger partial charge in [0.05, 0.1) is 24.8 Å². The van der Waals surface area contributed by atoms with E-state index in [4.69, 9.17) is 11.3 Å². The molecule has 0 saturated carbocycles. The van der Waals surface area contributed by atoms with Crippen LogP contribution in [0.25, 0.3) is 15.7 Å². The van der Waals surface area contributed by atoms with E-state index in [0.717, 1.165) is 37.4 Å². The number of likely N-dealkylation sites (tertiary alicyclic amines) is 1. The summed E-state index contributed by atoms with van der Waals surface area (Å²) in [6.45, 7) is 12.0. The number of hydrogen-bond acceptors (Lipinski definition) is 5. The quantitative estimate of drug-likeness (QED) is 0.583. The molecule has 1 saturated heterocycles. The molecule has 4 rings (SSSR count). The fourth-order valence-electron chi connectivity index (χ4n) is 4.28. The number of aliphatic hydroxyl groups is 1. The van der Waals surface area contributed by atoms with Crippen LogP contribution in [0.2, 0.25) is 0 Å². The molecule has 1 unspecified atom stereocenters. The fraction of sp³-hybridized carbons (Fsp3) is 0.346. The fourth-order valence-corrected chi connectivity index (χ4v) is 4.28. The lowest BCUT2D eigenvalue weighted by Gasteiger charge is -2.30. The number of benzene rings is 2. The summed E-state index contributed by atoms with van der Waals surface area (Å²) in [7, 11) is 1.59. The predicted octanol–water partition coefficient (Wildman–Crippen LogP) is 4.98. The molecule has 6 heteroatoms. The highest BCUT2D eigenvalue weighted by Gasteiger charge is 2.22. The van der Waals surface area contributed by atoms with Crippen LogP contribution in [-0.2, 0) is 6.54 Å². The Balaban J connectivity index is 1.74. The summed E-state index contributed by atoms with van der Waals surface area (Å²) in [4.78, 5) is 10.4. The predicted molar refractivity (Wildman–Crippen MR) is 123 cm³/mol. The molecule has 2 heterocycles. The minimum absolute atomic E-state index is 0.482. The average Bonchev–Trinajstić information content (AvgIpc) is 2.84. The number of fused-ring (bicyclic) bond motifs is 1. The summed E-state index contributed by atoms with van der Waals surface area (Å²) in [5.41, 5.74) is 3.90. The number of nitrogens with zero attached hydrogens (tertiary/aromatic N) is 4. The lowest BCUT2D eigenvalue weighted by molar-refractivity contribution is 0.183. The van der Waals surface area contributed by atoms with Gasteiger partial charge in [0.25, 0.3) is 0 Å². The Hall–Kier alpha value is -3.45. The van der Waals surface area contributed by atoms with Gasteiger partial charge in [0.15, 0.2) is 5.69 Å². The molecule has 3 aromatic rings. The summed E-state index contributed by atoms with van der Waals surface area (Å²) in [5, 5.41) is 21.7. The Kier molecular flexibility index (Phi) is 6.37. The van der Waals surface area contributed by atoms with E-state index < -0.39 is 6.10 Å². The van der Waals surface area contributed by atoms with Gasteiger partial charge in [-0.3, -0.25) is 4.90 Å². The molecule has 1 atom stereocenters. The van der Waals surface area contributed by atoms with Crippen LogP contribution in [0.5, 0.6) is 5.88 Å². The maximum Gasteiger partial charge on any atom is 0.219 e. The molecule has 1 aliphatic rings. The number of rotatable bonds is 5. The minimum Gasteiger partial charge on any atom is -0.481 e. The van der Waals surface area contributed by atoms with E-state index in [1.54, 1.807) is 31.4 Å². The van der Waals surface area contributed by atoms with E-state index in [2.05, 4.69) is 27.7 Å². The van der Waals surface area contributed by atoms with Gasteiger partial charge in [0.1, 0.15) is 12.2 Å². The topological polar surface area (TPSA) is 73.7 Å². The van der Waals surface area contributed by atoms with Crippen molar-refractivity contribution in [1.82, 2.24) is 9.88 Å². The zero-order chi connectivity index (χ0) is 22.7. The first-order valence-corrected chi connectivity index (χ1v) is 10.8. The van der Waals surface area contributed by atoms with Crippen molar-refractivity contribution < 1.29 is 9.84 Å². The number of hydrogen-bond donors (Lipinski definition) is 1. The molecule has 0 aliphatic carbocycles. The normalized spacial score (nSPS) is 15.8. The van der Waals surface area contributed by atoms with Gasteiger partial charge in [-0.1, -0.05) is 37.3 Å².